The third-order valence-electron chi connectivity index (χ3n) is 4.99. The van der Waals surface area contributed by atoms with Crippen molar-refractivity contribution in [3.05, 3.63) is 23.5 Å². The molecule has 0 spiro atoms. The van der Waals surface area contributed by atoms with Gasteiger partial charge in [0.05, 0.1) is 0 Å². The standard InChI is InChI=1S/C18H26AsFO2/c1-3-10-19(13-6-4-5-7-13)14-11-15-17(21-2)9-8-16(20)18(15)22-12-14/h8-9,13-14H,3-7,10-12H2,1-2H3. The van der Waals surface area contributed by atoms with Crippen LogP contribution in [0.1, 0.15) is 44.6 Å². The average Bonchev–Trinajstić information content (AvgIpc) is 3.07. The Kier molecular flexibility index (Phi) is 5.33. The zero-order valence-electron chi connectivity index (χ0n) is 13.6. The molecule has 0 N–H and O–H groups in total. The predicted octanol–water partition coefficient (Wildman–Crippen LogP) is 4.99. The van der Waals surface area contributed by atoms with Crippen LogP contribution < -0.4 is 9.47 Å². The molecule has 1 aliphatic heterocycles. The van der Waals surface area contributed by atoms with Crippen LogP contribution in [-0.2, 0) is 6.42 Å². The van der Waals surface area contributed by atoms with Crippen molar-refractivity contribution in [2.75, 3.05) is 13.7 Å². The number of hydrogen-bond donors (Lipinski definition) is 0. The third-order valence-corrected chi connectivity index (χ3v) is 12.7. The third kappa shape index (κ3) is 3.15. The maximum absolute atomic E-state index is 14.0. The van der Waals surface area contributed by atoms with Crippen molar-refractivity contribution in [1.29, 1.82) is 0 Å². The first-order valence-electron chi connectivity index (χ1n) is 8.48. The molecule has 2 unspecified atom stereocenters. The minimum atomic E-state index is -0.956. The molecule has 1 aromatic carbocycles. The number of ether oxygens (including phenoxy) is 2. The Morgan fingerprint density at radius 2 is 2.05 bits per heavy atom. The summed E-state index contributed by atoms with van der Waals surface area (Å²) in [6.07, 6.45) is 7.88. The maximum atomic E-state index is 14.0. The van der Waals surface area contributed by atoms with Gasteiger partial charge in [-0.15, -0.1) is 0 Å². The summed E-state index contributed by atoms with van der Waals surface area (Å²) < 4.78 is 26.9. The molecule has 22 heavy (non-hydrogen) atoms. The second-order valence-electron chi connectivity index (χ2n) is 6.40. The monoisotopic (exact) mass is 368 g/mol. The molecule has 0 amide bonds. The van der Waals surface area contributed by atoms with Crippen LogP contribution in [0.15, 0.2) is 12.1 Å². The van der Waals surface area contributed by atoms with Crippen LogP contribution in [-0.4, -0.2) is 28.4 Å². The van der Waals surface area contributed by atoms with Gasteiger partial charge in [-0.25, -0.2) is 0 Å². The summed E-state index contributed by atoms with van der Waals surface area (Å²) in [5.74, 6) is 0.982. The van der Waals surface area contributed by atoms with E-state index in [9.17, 15) is 4.39 Å². The molecule has 3 rings (SSSR count). The van der Waals surface area contributed by atoms with Gasteiger partial charge < -0.3 is 0 Å². The van der Waals surface area contributed by atoms with Gasteiger partial charge in [0.2, 0.25) is 0 Å². The number of methoxy groups -OCH3 is 1. The van der Waals surface area contributed by atoms with E-state index in [1.807, 2.05) is 0 Å². The molecule has 122 valence electrons. The molecule has 1 fully saturated rings. The fourth-order valence-corrected chi connectivity index (χ4v) is 11.4. The minimum absolute atomic E-state index is 0.246. The molecule has 1 saturated carbocycles. The van der Waals surface area contributed by atoms with E-state index in [-0.39, 0.29) is 5.82 Å². The summed E-state index contributed by atoms with van der Waals surface area (Å²) in [7, 11) is 1.66. The van der Waals surface area contributed by atoms with Crippen LogP contribution >= 0.6 is 0 Å². The Bertz CT molecular complexity index is 514. The van der Waals surface area contributed by atoms with Crippen molar-refractivity contribution in [3.8, 4) is 11.5 Å². The molecule has 0 aromatic heterocycles. The molecule has 1 aliphatic carbocycles. The quantitative estimate of drug-likeness (QED) is 0.682. The Morgan fingerprint density at radius 1 is 1.27 bits per heavy atom. The number of benzene rings is 1. The normalized spacial score (nSPS) is 23.0. The summed E-state index contributed by atoms with van der Waals surface area (Å²) in [6, 6.07) is 3.20. The molecule has 2 aliphatic rings. The van der Waals surface area contributed by atoms with E-state index < -0.39 is 14.7 Å². The molecule has 2 atom stereocenters. The Labute approximate surface area is 137 Å². The van der Waals surface area contributed by atoms with E-state index in [2.05, 4.69) is 6.92 Å². The van der Waals surface area contributed by atoms with Gasteiger partial charge in [0, 0.05) is 0 Å². The molecule has 0 radical (unpaired) electrons. The molecule has 0 saturated heterocycles. The molecular formula is C18H26AsFO2. The average molecular weight is 368 g/mol. The molecule has 4 heteroatoms. The van der Waals surface area contributed by atoms with Crippen molar-refractivity contribution in [3.63, 3.8) is 0 Å². The first-order valence-corrected chi connectivity index (χ1v) is 12.0. The summed E-state index contributed by atoms with van der Waals surface area (Å²) in [5.41, 5.74) is 0.965. The Balaban J connectivity index is 1.83. The topological polar surface area (TPSA) is 18.5 Å². The van der Waals surface area contributed by atoms with Gasteiger partial charge in [-0.1, -0.05) is 0 Å². The van der Waals surface area contributed by atoms with E-state index in [0.29, 0.717) is 17.1 Å². The molecular weight excluding hydrogens is 342 g/mol. The van der Waals surface area contributed by atoms with Gasteiger partial charge in [0.25, 0.3) is 0 Å². The molecule has 2 nitrogen and oxygen atoms in total. The van der Waals surface area contributed by atoms with Crippen LogP contribution in [0.4, 0.5) is 4.39 Å². The number of fused-ring (bicyclic) bond motifs is 1. The predicted molar refractivity (Wildman–Crippen MR) is 89.0 cm³/mol. The van der Waals surface area contributed by atoms with E-state index in [1.54, 1.807) is 13.2 Å². The zero-order chi connectivity index (χ0) is 15.5. The van der Waals surface area contributed by atoms with Crippen LogP contribution in [0, 0.1) is 5.82 Å². The number of hydrogen-bond acceptors (Lipinski definition) is 2. The van der Waals surface area contributed by atoms with Crippen molar-refractivity contribution in [2.45, 2.75) is 60.1 Å². The first kappa shape index (κ1) is 16.2. The summed E-state index contributed by atoms with van der Waals surface area (Å²) in [5, 5.41) is 1.40. The first-order chi connectivity index (χ1) is 10.7. The number of halogens is 1. The van der Waals surface area contributed by atoms with Crippen molar-refractivity contribution >= 4 is 14.7 Å². The van der Waals surface area contributed by atoms with Crippen LogP contribution in [0.3, 0.4) is 0 Å². The van der Waals surface area contributed by atoms with E-state index in [4.69, 9.17) is 9.47 Å². The Hall–Kier alpha value is -0.692. The van der Waals surface area contributed by atoms with Gasteiger partial charge in [-0.05, 0) is 0 Å². The van der Waals surface area contributed by atoms with Gasteiger partial charge in [0.15, 0.2) is 0 Å². The summed E-state index contributed by atoms with van der Waals surface area (Å²) >= 11 is -0.956. The van der Waals surface area contributed by atoms with E-state index >= 15 is 0 Å². The van der Waals surface area contributed by atoms with Crippen LogP contribution in [0.5, 0.6) is 11.5 Å². The molecule has 0 bridgehead atoms. The zero-order valence-corrected chi connectivity index (χ0v) is 15.5. The molecule has 1 heterocycles. The van der Waals surface area contributed by atoms with Gasteiger partial charge in [-0.3, -0.25) is 0 Å². The summed E-state index contributed by atoms with van der Waals surface area (Å²) in [4.78, 5) is 0. The van der Waals surface area contributed by atoms with Crippen LogP contribution in [0.2, 0.25) is 14.6 Å². The van der Waals surface area contributed by atoms with Crippen molar-refractivity contribution < 1.29 is 13.9 Å². The van der Waals surface area contributed by atoms with E-state index in [1.165, 1.54) is 43.4 Å². The van der Waals surface area contributed by atoms with Crippen LogP contribution in [0.25, 0.3) is 0 Å². The SMILES string of the molecule is CCC[As](C1CCCC1)C1COc2c(F)ccc(OC)c2C1. The van der Waals surface area contributed by atoms with E-state index in [0.717, 1.165) is 22.4 Å². The second-order valence-corrected chi connectivity index (χ2v) is 12.6. The van der Waals surface area contributed by atoms with Gasteiger partial charge in [-0.2, -0.15) is 0 Å². The number of rotatable bonds is 5. The Morgan fingerprint density at radius 3 is 2.73 bits per heavy atom. The summed E-state index contributed by atoms with van der Waals surface area (Å²) in [6.45, 7) is 3.02. The van der Waals surface area contributed by atoms with Gasteiger partial charge >= 0.3 is 137 Å². The van der Waals surface area contributed by atoms with Crippen molar-refractivity contribution in [1.82, 2.24) is 0 Å². The fourth-order valence-electron chi connectivity index (χ4n) is 3.97. The van der Waals surface area contributed by atoms with Gasteiger partial charge in [0.1, 0.15) is 0 Å². The second kappa shape index (κ2) is 7.25. The fraction of sp³-hybridized carbons (Fsp3) is 0.667. The van der Waals surface area contributed by atoms with Crippen molar-refractivity contribution in [2.24, 2.45) is 0 Å². The molecule has 1 aromatic rings.